The molecule has 1 atom stereocenters. The molecule has 2 fully saturated rings. The van der Waals surface area contributed by atoms with Gasteiger partial charge in [0.1, 0.15) is 5.82 Å². The number of amides is 1. The van der Waals surface area contributed by atoms with Crippen LogP contribution in [0.3, 0.4) is 0 Å². The van der Waals surface area contributed by atoms with Crippen LogP contribution in [-0.4, -0.2) is 55.0 Å². The van der Waals surface area contributed by atoms with Gasteiger partial charge in [0.15, 0.2) is 0 Å². The Bertz CT molecular complexity index is 597. The highest BCUT2D eigenvalue weighted by Crippen LogP contribution is 2.24. The lowest BCUT2D eigenvalue weighted by atomic mass is 9.92. The number of nitrogens with one attached hydrogen (secondary N) is 1. The van der Waals surface area contributed by atoms with Crippen LogP contribution in [0.25, 0.3) is 0 Å². The average Bonchev–Trinajstić information content (AvgIpc) is 2.66. The van der Waals surface area contributed by atoms with Crippen molar-refractivity contribution in [2.45, 2.75) is 39.2 Å². The quantitative estimate of drug-likeness (QED) is 0.741. The Morgan fingerprint density at radius 2 is 1.93 bits per heavy atom. The van der Waals surface area contributed by atoms with Gasteiger partial charge in [-0.2, -0.15) is 0 Å². The van der Waals surface area contributed by atoms with Gasteiger partial charge >= 0.3 is 0 Å². The molecule has 2 aliphatic rings. The van der Waals surface area contributed by atoms with Crippen LogP contribution in [0.4, 0.5) is 4.39 Å². The third-order valence-electron chi connectivity index (χ3n) is 5.76. The lowest BCUT2D eigenvalue weighted by Gasteiger charge is -2.38. The minimum absolute atomic E-state index is 0. The number of benzene rings is 1. The third kappa shape index (κ3) is 7.18. The van der Waals surface area contributed by atoms with Crippen molar-refractivity contribution in [2.75, 3.05) is 39.3 Å². The molecule has 7 heteroatoms. The lowest BCUT2D eigenvalue weighted by molar-refractivity contribution is -0.138. The van der Waals surface area contributed by atoms with Crippen molar-refractivity contribution in [3.63, 3.8) is 0 Å². The molecule has 2 aliphatic heterocycles. The van der Waals surface area contributed by atoms with Crippen LogP contribution in [0.5, 0.6) is 0 Å². The molecular weight excluding hydrogens is 400 g/mol. The van der Waals surface area contributed by atoms with Gasteiger partial charge in [0.25, 0.3) is 0 Å². The molecule has 1 amide bonds. The minimum atomic E-state index is -0.187. The molecule has 0 spiro atoms. The van der Waals surface area contributed by atoms with Crippen molar-refractivity contribution in [3.8, 4) is 0 Å². The molecule has 0 aliphatic carbocycles. The highest BCUT2D eigenvalue weighted by Gasteiger charge is 2.31. The Morgan fingerprint density at radius 3 is 2.61 bits per heavy atom. The van der Waals surface area contributed by atoms with E-state index in [0.29, 0.717) is 11.8 Å². The number of nitrogens with zero attached hydrogens (tertiary/aromatic N) is 2. The van der Waals surface area contributed by atoms with Crippen molar-refractivity contribution in [2.24, 2.45) is 11.8 Å². The summed E-state index contributed by atoms with van der Waals surface area (Å²) in [5.41, 5.74) is 0.988. The van der Waals surface area contributed by atoms with E-state index in [1.807, 2.05) is 6.07 Å². The van der Waals surface area contributed by atoms with E-state index in [1.54, 1.807) is 12.1 Å². The second-order valence-corrected chi connectivity index (χ2v) is 7.78. The standard InChI is InChI=1S/C21H32FN3O.2ClH/c1-2-23-14-17-8-11-25(12-9-17)21(26)19-6-4-10-24(16-19)15-18-5-3-7-20(22)13-18;;/h3,5,7,13,17,19,23H,2,4,6,8-12,14-16H2,1H3;2*1H. The first-order chi connectivity index (χ1) is 12.7. The summed E-state index contributed by atoms with van der Waals surface area (Å²) in [5.74, 6) is 0.945. The lowest BCUT2D eigenvalue weighted by Crippen LogP contribution is -2.47. The first kappa shape index (κ1) is 25.2. The Kier molecular flexibility index (Phi) is 11.4. The number of hydrogen-bond donors (Lipinski definition) is 1. The van der Waals surface area contributed by atoms with Crippen LogP contribution in [0.1, 0.15) is 38.2 Å². The summed E-state index contributed by atoms with van der Waals surface area (Å²) < 4.78 is 13.4. The van der Waals surface area contributed by atoms with E-state index in [-0.39, 0.29) is 36.5 Å². The number of carbonyl (C=O) groups is 1. The number of carbonyl (C=O) groups excluding carboxylic acids is 1. The van der Waals surface area contributed by atoms with Crippen molar-refractivity contribution < 1.29 is 9.18 Å². The number of halogens is 3. The highest BCUT2D eigenvalue weighted by molar-refractivity contribution is 5.85. The molecule has 3 rings (SSSR count). The Labute approximate surface area is 181 Å². The minimum Gasteiger partial charge on any atom is -0.342 e. The van der Waals surface area contributed by atoms with Gasteiger partial charge in [0, 0.05) is 26.2 Å². The molecule has 0 aromatic heterocycles. The number of hydrogen-bond acceptors (Lipinski definition) is 3. The third-order valence-corrected chi connectivity index (χ3v) is 5.76. The fourth-order valence-electron chi connectivity index (χ4n) is 4.26. The second-order valence-electron chi connectivity index (χ2n) is 7.78. The number of likely N-dealkylation sites (tertiary alicyclic amines) is 2. The van der Waals surface area contributed by atoms with Crippen molar-refractivity contribution in [1.82, 2.24) is 15.1 Å². The van der Waals surface area contributed by atoms with Gasteiger partial charge in [0.2, 0.25) is 5.91 Å². The van der Waals surface area contributed by atoms with E-state index in [2.05, 4.69) is 22.0 Å². The van der Waals surface area contributed by atoms with Crippen LogP contribution in [0.2, 0.25) is 0 Å². The molecule has 1 aromatic carbocycles. The summed E-state index contributed by atoms with van der Waals surface area (Å²) in [5, 5.41) is 3.42. The van der Waals surface area contributed by atoms with Crippen LogP contribution in [0.15, 0.2) is 24.3 Å². The summed E-state index contributed by atoms with van der Waals surface area (Å²) in [6, 6.07) is 6.80. The molecule has 1 aromatic rings. The molecule has 2 heterocycles. The average molecular weight is 434 g/mol. The van der Waals surface area contributed by atoms with Gasteiger partial charge in [-0.1, -0.05) is 19.1 Å². The van der Waals surface area contributed by atoms with Gasteiger partial charge in [0.05, 0.1) is 5.92 Å². The molecule has 1 N–H and O–H groups in total. The number of piperidine rings is 2. The fraction of sp³-hybridized carbons (Fsp3) is 0.667. The van der Waals surface area contributed by atoms with E-state index in [0.717, 1.165) is 77.1 Å². The van der Waals surface area contributed by atoms with Gasteiger partial charge in [-0.3, -0.25) is 9.69 Å². The molecular formula is C21H34Cl2FN3O. The van der Waals surface area contributed by atoms with Crippen molar-refractivity contribution in [3.05, 3.63) is 35.6 Å². The zero-order valence-corrected chi connectivity index (χ0v) is 18.4. The Balaban J connectivity index is 0.00000196. The summed E-state index contributed by atoms with van der Waals surface area (Å²) in [6.07, 6.45) is 4.25. The first-order valence-electron chi connectivity index (χ1n) is 10.1. The highest BCUT2D eigenvalue weighted by atomic mass is 35.5. The summed E-state index contributed by atoms with van der Waals surface area (Å²) >= 11 is 0. The SMILES string of the molecule is CCNCC1CCN(C(=O)C2CCCN(Cc3cccc(F)c3)C2)CC1.Cl.Cl. The second kappa shape index (κ2) is 12.6. The van der Waals surface area contributed by atoms with Crippen LogP contribution in [-0.2, 0) is 11.3 Å². The molecule has 160 valence electrons. The normalized spacial score (nSPS) is 20.9. The predicted octanol–water partition coefficient (Wildman–Crippen LogP) is 3.73. The molecule has 1 unspecified atom stereocenters. The summed E-state index contributed by atoms with van der Waals surface area (Å²) in [6.45, 7) is 8.54. The van der Waals surface area contributed by atoms with Crippen LogP contribution in [0, 0.1) is 17.7 Å². The largest absolute Gasteiger partial charge is 0.342 e. The Hall–Kier alpha value is -0.880. The maximum absolute atomic E-state index is 13.4. The molecule has 0 saturated carbocycles. The fourth-order valence-corrected chi connectivity index (χ4v) is 4.26. The van der Waals surface area contributed by atoms with Gasteiger partial charge < -0.3 is 10.2 Å². The van der Waals surface area contributed by atoms with Gasteiger partial charge in [-0.15, -0.1) is 24.8 Å². The van der Waals surface area contributed by atoms with Gasteiger partial charge in [-0.05, 0) is 68.9 Å². The zero-order chi connectivity index (χ0) is 18.4. The first-order valence-corrected chi connectivity index (χ1v) is 10.1. The van der Waals surface area contributed by atoms with Gasteiger partial charge in [-0.25, -0.2) is 4.39 Å². The monoisotopic (exact) mass is 433 g/mol. The maximum atomic E-state index is 13.4. The molecule has 4 nitrogen and oxygen atoms in total. The molecule has 2 saturated heterocycles. The Morgan fingerprint density at radius 1 is 1.18 bits per heavy atom. The van der Waals surface area contributed by atoms with Crippen LogP contribution >= 0.6 is 24.8 Å². The molecule has 0 bridgehead atoms. The maximum Gasteiger partial charge on any atom is 0.226 e. The smallest absolute Gasteiger partial charge is 0.226 e. The topological polar surface area (TPSA) is 35.6 Å². The molecule has 0 radical (unpaired) electrons. The van der Waals surface area contributed by atoms with E-state index in [1.165, 1.54) is 6.07 Å². The van der Waals surface area contributed by atoms with Crippen molar-refractivity contribution >= 4 is 30.7 Å². The summed E-state index contributed by atoms with van der Waals surface area (Å²) in [4.78, 5) is 17.3. The molecule has 28 heavy (non-hydrogen) atoms. The predicted molar refractivity (Wildman–Crippen MR) is 117 cm³/mol. The number of rotatable bonds is 6. The van der Waals surface area contributed by atoms with Crippen LogP contribution < -0.4 is 5.32 Å². The van der Waals surface area contributed by atoms with Crippen molar-refractivity contribution in [1.29, 1.82) is 0 Å². The van der Waals surface area contributed by atoms with E-state index < -0.39 is 0 Å². The van der Waals surface area contributed by atoms with E-state index in [4.69, 9.17) is 0 Å². The van der Waals surface area contributed by atoms with E-state index in [9.17, 15) is 9.18 Å². The zero-order valence-electron chi connectivity index (χ0n) is 16.7. The summed E-state index contributed by atoms with van der Waals surface area (Å²) in [7, 11) is 0. The van der Waals surface area contributed by atoms with E-state index >= 15 is 0 Å².